The van der Waals surface area contributed by atoms with Gasteiger partial charge >= 0.3 is 5.69 Å². The van der Waals surface area contributed by atoms with Crippen molar-refractivity contribution < 1.29 is 34.8 Å². The summed E-state index contributed by atoms with van der Waals surface area (Å²) in [5, 5.41) is 51.5. The van der Waals surface area contributed by atoms with Crippen molar-refractivity contribution >= 4 is 11.6 Å². The Labute approximate surface area is 136 Å². The van der Waals surface area contributed by atoms with Crippen molar-refractivity contribution in [3.63, 3.8) is 0 Å². The molecule has 1 saturated heterocycles. The molecular formula is C14H17N2O8-. The smallest absolute Gasteiger partial charge is 0.311 e. The summed E-state index contributed by atoms with van der Waals surface area (Å²) in [6, 6.07) is 4.16. The fourth-order valence-corrected chi connectivity index (χ4v) is 2.34. The van der Waals surface area contributed by atoms with Crippen molar-refractivity contribution in [1.82, 2.24) is 0 Å². The van der Waals surface area contributed by atoms with Gasteiger partial charge in [-0.05, 0) is 18.9 Å². The third-order valence-electron chi connectivity index (χ3n) is 3.48. The molecule has 1 aromatic carbocycles. The maximum Gasteiger partial charge on any atom is 0.311 e. The third-order valence-corrected chi connectivity index (χ3v) is 3.48. The van der Waals surface area contributed by atoms with E-state index in [1.807, 2.05) is 0 Å². The first-order valence-electron chi connectivity index (χ1n) is 7.09. The number of aliphatic hydroxyl groups is 3. The number of nitro benzene ring substituents is 1. The van der Waals surface area contributed by atoms with E-state index in [1.165, 1.54) is 24.3 Å². The molecule has 2 rings (SSSR count). The molecule has 132 valence electrons. The molecule has 5 atom stereocenters. The van der Waals surface area contributed by atoms with Gasteiger partial charge in [-0.1, -0.05) is 12.1 Å². The summed E-state index contributed by atoms with van der Waals surface area (Å²) in [4.78, 5) is 14.0. The van der Waals surface area contributed by atoms with Crippen LogP contribution >= 0.6 is 0 Å². The zero-order valence-electron chi connectivity index (χ0n) is 12.7. The summed E-state index contributed by atoms with van der Waals surface area (Å²) < 4.78 is 10.7. The average Bonchev–Trinajstić information content (AvgIpc) is 2.54. The fraction of sp³-hybridized carbons (Fsp3) is 0.500. The van der Waals surface area contributed by atoms with Gasteiger partial charge in [-0.2, -0.15) is 0 Å². The minimum Gasteiger partial charge on any atom is -0.862 e. The maximum absolute atomic E-state index is 11.3. The van der Waals surface area contributed by atoms with Crippen LogP contribution in [0.25, 0.3) is 0 Å². The van der Waals surface area contributed by atoms with E-state index in [-0.39, 0.29) is 11.4 Å². The van der Waals surface area contributed by atoms with E-state index in [4.69, 9.17) is 9.47 Å². The van der Waals surface area contributed by atoms with Crippen molar-refractivity contribution in [2.24, 2.45) is 4.99 Å². The minimum atomic E-state index is -1.55. The number of benzene rings is 1. The second kappa shape index (κ2) is 7.53. The van der Waals surface area contributed by atoms with Crippen LogP contribution in [0.5, 0.6) is 5.75 Å². The second-order valence-corrected chi connectivity index (χ2v) is 5.19. The summed E-state index contributed by atoms with van der Waals surface area (Å²) >= 11 is 0. The predicted octanol–water partition coefficient (Wildman–Crippen LogP) is -1.44. The summed E-state index contributed by atoms with van der Waals surface area (Å²) in [5.41, 5.74) is -0.344. The Kier molecular flexibility index (Phi) is 5.67. The highest BCUT2D eigenvalue weighted by Crippen LogP contribution is 2.31. The van der Waals surface area contributed by atoms with Gasteiger partial charge in [-0.3, -0.25) is 15.1 Å². The molecule has 1 aromatic rings. The number of para-hydroxylation sites is 2. The van der Waals surface area contributed by atoms with Crippen molar-refractivity contribution in [2.75, 3.05) is 6.61 Å². The highest BCUT2D eigenvalue weighted by Gasteiger charge is 2.45. The Morgan fingerprint density at radius 1 is 1.38 bits per heavy atom. The Balaban J connectivity index is 2.34. The largest absolute Gasteiger partial charge is 0.862 e. The topological polar surface area (TPSA) is 158 Å². The van der Waals surface area contributed by atoms with Gasteiger partial charge in [0.25, 0.3) is 0 Å². The predicted molar refractivity (Wildman–Crippen MR) is 78.4 cm³/mol. The number of aliphatic imine (C=N–C) groups is 1. The van der Waals surface area contributed by atoms with Crippen LogP contribution in [0.15, 0.2) is 29.3 Å². The number of hydrogen-bond donors (Lipinski definition) is 3. The Hall–Kier alpha value is -2.27. The number of nitrogens with zero attached hydrogens (tertiary/aromatic N) is 2. The second-order valence-electron chi connectivity index (χ2n) is 5.19. The Morgan fingerprint density at radius 3 is 2.62 bits per heavy atom. The van der Waals surface area contributed by atoms with E-state index in [9.17, 15) is 30.5 Å². The van der Waals surface area contributed by atoms with Gasteiger partial charge in [-0.15, -0.1) is 0 Å². The quantitative estimate of drug-likeness (QED) is 0.254. The fourth-order valence-electron chi connectivity index (χ4n) is 2.34. The van der Waals surface area contributed by atoms with Gasteiger partial charge in [0.1, 0.15) is 24.4 Å². The lowest BCUT2D eigenvalue weighted by molar-refractivity contribution is -0.386. The molecule has 0 spiro atoms. The van der Waals surface area contributed by atoms with E-state index < -0.39 is 48.1 Å². The van der Waals surface area contributed by atoms with Gasteiger partial charge in [0.15, 0.2) is 5.75 Å². The molecule has 1 aliphatic rings. The number of rotatable bonds is 5. The van der Waals surface area contributed by atoms with Gasteiger partial charge in [-0.25, -0.2) is 0 Å². The molecule has 1 aliphatic heterocycles. The molecule has 10 nitrogen and oxygen atoms in total. The minimum absolute atomic E-state index is 0.156. The molecule has 0 amide bonds. The molecule has 0 unspecified atom stereocenters. The summed E-state index contributed by atoms with van der Waals surface area (Å²) in [6.07, 6.45) is -5.63. The van der Waals surface area contributed by atoms with Crippen molar-refractivity contribution in [3.05, 3.63) is 34.4 Å². The van der Waals surface area contributed by atoms with Gasteiger partial charge in [0, 0.05) is 6.07 Å². The molecule has 24 heavy (non-hydrogen) atoms. The van der Waals surface area contributed by atoms with E-state index in [0.29, 0.717) is 0 Å². The van der Waals surface area contributed by atoms with Crippen LogP contribution in [0, 0.1) is 10.1 Å². The summed E-state index contributed by atoms with van der Waals surface area (Å²) in [5.74, 6) is -0.801. The molecule has 1 fully saturated rings. The molecule has 0 aromatic heterocycles. The molecule has 0 bridgehead atoms. The maximum atomic E-state index is 11.3. The van der Waals surface area contributed by atoms with Crippen LogP contribution < -0.4 is 9.84 Å². The Bertz CT molecular complexity index is 619. The molecule has 0 saturated carbocycles. The lowest BCUT2D eigenvalue weighted by Gasteiger charge is -2.40. The van der Waals surface area contributed by atoms with Gasteiger partial charge in [0.05, 0.1) is 11.5 Å². The SMILES string of the molecule is CC([O-])=N[C@H]1[C@H](Oc2ccccc2[N+](=O)[O-])O[C@H](CO)[C@H](O)[C@@H]1O. The lowest BCUT2D eigenvalue weighted by atomic mass is 9.97. The molecule has 0 radical (unpaired) electrons. The Morgan fingerprint density at radius 2 is 2.04 bits per heavy atom. The third kappa shape index (κ3) is 3.79. The van der Waals surface area contributed by atoms with Crippen LogP contribution in [0.2, 0.25) is 0 Å². The van der Waals surface area contributed by atoms with E-state index in [2.05, 4.69) is 4.99 Å². The number of hydrogen-bond acceptors (Lipinski definition) is 9. The monoisotopic (exact) mass is 341 g/mol. The van der Waals surface area contributed by atoms with E-state index in [0.717, 1.165) is 6.92 Å². The van der Waals surface area contributed by atoms with E-state index in [1.54, 1.807) is 0 Å². The van der Waals surface area contributed by atoms with Crippen molar-refractivity contribution in [1.29, 1.82) is 0 Å². The first kappa shape index (κ1) is 18.1. The van der Waals surface area contributed by atoms with Crippen molar-refractivity contribution in [2.45, 2.75) is 37.6 Å². The normalized spacial score (nSPS) is 30.8. The average molecular weight is 341 g/mol. The van der Waals surface area contributed by atoms with Gasteiger partial charge < -0.3 is 29.9 Å². The van der Waals surface area contributed by atoms with Crippen LogP contribution in [0.4, 0.5) is 5.69 Å². The van der Waals surface area contributed by atoms with Gasteiger partial charge in [0.2, 0.25) is 6.29 Å². The standard InChI is InChI=1S/C14H18N2O8/c1-7(18)15-11-13(20)12(19)10(6-17)24-14(11)23-9-5-3-2-4-8(9)16(21)22/h2-5,10-14,17,19-20H,6H2,1H3,(H,15,18)/p-1/t10-,11-,12+,13-,14-/m1/s1. The van der Waals surface area contributed by atoms with Crippen LogP contribution in [0.1, 0.15) is 6.92 Å². The first-order chi connectivity index (χ1) is 11.3. The summed E-state index contributed by atoms with van der Waals surface area (Å²) in [7, 11) is 0. The highest BCUT2D eigenvalue weighted by molar-refractivity contribution is 5.68. The molecule has 1 heterocycles. The van der Waals surface area contributed by atoms with E-state index >= 15 is 0 Å². The van der Waals surface area contributed by atoms with Crippen LogP contribution in [-0.2, 0) is 4.74 Å². The molecule has 0 aliphatic carbocycles. The molecular weight excluding hydrogens is 324 g/mol. The first-order valence-corrected chi connectivity index (χ1v) is 7.09. The number of nitro groups is 1. The zero-order valence-corrected chi connectivity index (χ0v) is 12.7. The van der Waals surface area contributed by atoms with Crippen LogP contribution in [-0.4, -0.2) is 63.4 Å². The lowest BCUT2D eigenvalue weighted by Crippen LogP contribution is -2.59. The highest BCUT2D eigenvalue weighted by atomic mass is 16.7. The molecule has 3 N–H and O–H groups in total. The zero-order chi connectivity index (χ0) is 17.9. The number of aliphatic hydroxyl groups excluding tert-OH is 3. The summed E-state index contributed by atoms with van der Waals surface area (Å²) in [6.45, 7) is 0.515. The molecule has 10 heteroatoms. The number of ether oxygens (including phenoxy) is 2. The van der Waals surface area contributed by atoms with Crippen LogP contribution in [0.3, 0.4) is 0 Å². The van der Waals surface area contributed by atoms with Crippen molar-refractivity contribution in [3.8, 4) is 5.75 Å².